The second-order valence-corrected chi connectivity index (χ2v) is 3.31. The third kappa shape index (κ3) is 3.03. The molecule has 0 unspecified atom stereocenters. The fourth-order valence-electron chi connectivity index (χ4n) is 1.37. The number of carbonyl (C=O) groups excluding carboxylic acids is 1. The first-order valence-corrected chi connectivity index (χ1v) is 5.09. The number of methoxy groups -OCH3 is 2. The van der Waals surface area contributed by atoms with Gasteiger partial charge >= 0.3 is 0 Å². The summed E-state index contributed by atoms with van der Waals surface area (Å²) in [4.78, 5) is 12.0. The van der Waals surface area contributed by atoms with Gasteiger partial charge in [0.25, 0.3) is 5.91 Å². The molecule has 0 aromatic heterocycles. The molecular formula is C11H15N3O4. The van der Waals surface area contributed by atoms with Crippen LogP contribution in [0.3, 0.4) is 0 Å². The van der Waals surface area contributed by atoms with E-state index in [2.05, 4.69) is 10.5 Å². The van der Waals surface area contributed by atoms with Crippen LogP contribution in [0.25, 0.3) is 0 Å². The molecule has 7 heteroatoms. The maximum atomic E-state index is 12.0. The summed E-state index contributed by atoms with van der Waals surface area (Å²) in [5.74, 6) is 0.228. The SMILES string of the molecule is COc1cccc(OC)c1C(=O)NC/C(N)=N/O. The van der Waals surface area contributed by atoms with Gasteiger partial charge in [-0.3, -0.25) is 4.79 Å². The molecule has 0 aliphatic rings. The van der Waals surface area contributed by atoms with Crippen molar-refractivity contribution in [2.24, 2.45) is 10.9 Å². The number of nitrogens with one attached hydrogen (secondary N) is 1. The lowest BCUT2D eigenvalue weighted by molar-refractivity contribution is 0.0952. The van der Waals surface area contributed by atoms with Crippen LogP contribution in [0.2, 0.25) is 0 Å². The largest absolute Gasteiger partial charge is 0.496 e. The first-order chi connectivity index (χ1) is 8.63. The van der Waals surface area contributed by atoms with Gasteiger partial charge in [-0.1, -0.05) is 11.2 Å². The van der Waals surface area contributed by atoms with Crippen molar-refractivity contribution in [1.29, 1.82) is 0 Å². The van der Waals surface area contributed by atoms with Crippen molar-refractivity contribution in [3.63, 3.8) is 0 Å². The summed E-state index contributed by atoms with van der Waals surface area (Å²) in [5.41, 5.74) is 5.52. The molecule has 1 rings (SSSR count). The zero-order valence-corrected chi connectivity index (χ0v) is 10.1. The van der Waals surface area contributed by atoms with Crippen LogP contribution in [0.5, 0.6) is 11.5 Å². The highest BCUT2D eigenvalue weighted by Crippen LogP contribution is 2.27. The zero-order chi connectivity index (χ0) is 13.5. The molecule has 7 nitrogen and oxygen atoms in total. The molecule has 0 heterocycles. The molecule has 1 aromatic carbocycles. The van der Waals surface area contributed by atoms with Crippen molar-refractivity contribution in [2.45, 2.75) is 0 Å². The number of ether oxygens (including phenoxy) is 2. The predicted octanol–water partition coefficient (Wildman–Crippen LogP) is 0.180. The van der Waals surface area contributed by atoms with E-state index in [9.17, 15) is 4.79 Å². The van der Waals surface area contributed by atoms with Gasteiger partial charge in [-0.25, -0.2) is 0 Å². The number of oxime groups is 1. The van der Waals surface area contributed by atoms with Gasteiger partial charge < -0.3 is 25.7 Å². The quantitative estimate of drug-likeness (QED) is 0.300. The van der Waals surface area contributed by atoms with E-state index in [-0.39, 0.29) is 17.9 Å². The van der Waals surface area contributed by atoms with Gasteiger partial charge in [0.1, 0.15) is 17.1 Å². The summed E-state index contributed by atoms with van der Waals surface area (Å²) in [7, 11) is 2.91. The summed E-state index contributed by atoms with van der Waals surface area (Å²) >= 11 is 0. The van der Waals surface area contributed by atoms with Crippen LogP contribution in [-0.2, 0) is 0 Å². The van der Waals surface area contributed by atoms with E-state index in [1.54, 1.807) is 18.2 Å². The highest BCUT2D eigenvalue weighted by molar-refractivity contribution is 6.01. The number of nitrogens with zero attached hydrogens (tertiary/aromatic N) is 1. The molecule has 0 aliphatic heterocycles. The van der Waals surface area contributed by atoms with E-state index in [1.165, 1.54) is 14.2 Å². The molecular weight excluding hydrogens is 238 g/mol. The van der Waals surface area contributed by atoms with Crippen LogP contribution in [0.4, 0.5) is 0 Å². The van der Waals surface area contributed by atoms with Gasteiger partial charge in [-0.2, -0.15) is 0 Å². The Morgan fingerprint density at radius 1 is 1.39 bits per heavy atom. The summed E-state index contributed by atoms with van der Waals surface area (Å²) in [6.45, 7) is -0.0729. The molecule has 1 amide bonds. The standard InChI is InChI=1S/C11H15N3O4/c1-17-7-4-3-5-8(18-2)10(7)11(15)13-6-9(12)14-16/h3-5,16H,6H2,1-2H3,(H2,12,14)(H,13,15). The molecule has 4 N–H and O–H groups in total. The van der Waals surface area contributed by atoms with E-state index in [4.69, 9.17) is 20.4 Å². The predicted molar refractivity (Wildman–Crippen MR) is 65.3 cm³/mol. The summed E-state index contributed by atoms with van der Waals surface area (Å²) < 4.78 is 10.2. The Morgan fingerprint density at radius 2 is 1.94 bits per heavy atom. The Morgan fingerprint density at radius 3 is 2.39 bits per heavy atom. The first kappa shape index (κ1) is 13.6. The number of benzene rings is 1. The third-order valence-corrected chi connectivity index (χ3v) is 2.21. The van der Waals surface area contributed by atoms with Crippen LogP contribution < -0.4 is 20.5 Å². The molecule has 0 saturated heterocycles. The molecule has 18 heavy (non-hydrogen) atoms. The number of rotatable bonds is 5. The number of amidine groups is 1. The Labute approximate surface area is 104 Å². The molecule has 1 aromatic rings. The van der Waals surface area contributed by atoms with Crippen molar-refractivity contribution in [1.82, 2.24) is 5.32 Å². The lowest BCUT2D eigenvalue weighted by atomic mass is 10.1. The monoisotopic (exact) mass is 253 g/mol. The van der Waals surface area contributed by atoms with E-state index in [1.807, 2.05) is 0 Å². The van der Waals surface area contributed by atoms with E-state index in [0.717, 1.165) is 0 Å². The average Bonchev–Trinajstić information content (AvgIpc) is 2.43. The summed E-state index contributed by atoms with van der Waals surface area (Å²) in [6, 6.07) is 4.99. The number of hydrogen-bond acceptors (Lipinski definition) is 5. The van der Waals surface area contributed by atoms with Crippen molar-refractivity contribution >= 4 is 11.7 Å². The molecule has 0 spiro atoms. The number of carbonyl (C=O) groups is 1. The van der Waals surface area contributed by atoms with Gasteiger partial charge in [0, 0.05) is 0 Å². The van der Waals surface area contributed by atoms with Crippen molar-refractivity contribution in [3.05, 3.63) is 23.8 Å². The molecule has 0 saturated carbocycles. The molecule has 98 valence electrons. The highest BCUT2D eigenvalue weighted by atomic mass is 16.5. The summed E-state index contributed by atoms with van der Waals surface area (Å²) in [6.07, 6.45) is 0. The second kappa shape index (κ2) is 6.33. The van der Waals surface area contributed by atoms with Crippen LogP contribution in [-0.4, -0.2) is 37.7 Å². The average molecular weight is 253 g/mol. The molecule has 0 aliphatic carbocycles. The van der Waals surface area contributed by atoms with E-state index in [0.29, 0.717) is 11.5 Å². The number of amides is 1. The topological polar surface area (TPSA) is 106 Å². The maximum Gasteiger partial charge on any atom is 0.259 e. The third-order valence-electron chi connectivity index (χ3n) is 2.21. The lowest BCUT2D eigenvalue weighted by Crippen LogP contribution is -2.33. The van der Waals surface area contributed by atoms with Gasteiger partial charge in [-0.15, -0.1) is 0 Å². The van der Waals surface area contributed by atoms with Gasteiger partial charge in [-0.05, 0) is 12.1 Å². The molecule has 0 atom stereocenters. The number of hydrogen-bond donors (Lipinski definition) is 3. The van der Waals surface area contributed by atoms with Crippen LogP contribution in [0, 0.1) is 0 Å². The van der Waals surface area contributed by atoms with Crippen molar-refractivity contribution in [2.75, 3.05) is 20.8 Å². The van der Waals surface area contributed by atoms with Crippen LogP contribution in [0.1, 0.15) is 10.4 Å². The molecule has 0 bridgehead atoms. The van der Waals surface area contributed by atoms with Crippen molar-refractivity contribution in [3.8, 4) is 11.5 Å². The number of nitrogens with two attached hydrogens (primary N) is 1. The molecule has 0 radical (unpaired) electrons. The van der Waals surface area contributed by atoms with Crippen LogP contribution in [0.15, 0.2) is 23.4 Å². The van der Waals surface area contributed by atoms with Crippen molar-refractivity contribution < 1.29 is 19.5 Å². The minimum Gasteiger partial charge on any atom is -0.496 e. The first-order valence-electron chi connectivity index (χ1n) is 5.09. The normalized spacial score (nSPS) is 10.9. The Balaban J connectivity index is 2.96. The minimum atomic E-state index is -0.434. The fourth-order valence-corrected chi connectivity index (χ4v) is 1.37. The van der Waals surface area contributed by atoms with Gasteiger partial charge in [0.2, 0.25) is 0 Å². The Bertz CT molecular complexity index is 437. The molecule has 0 fully saturated rings. The maximum absolute atomic E-state index is 12.0. The van der Waals surface area contributed by atoms with E-state index >= 15 is 0 Å². The zero-order valence-electron chi connectivity index (χ0n) is 10.1. The highest BCUT2D eigenvalue weighted by Gasteiger charge is 2.17. The lowest BCUT2D eigenvalue weighted by Gasteiger charge is -2.12. The smallest absolute Gasteiger partial charge is 0.259 e. The van der Waals surface area contributed by atoms with Gasteiger partial charge in [0.05, 0.1) is 20.8 Å². The van der Waals surface area contributed by atoms with Crippen LogP contribution >= 0.6 is 0 Å². The van der Waals surface area contributed by atoms with Gasteiger partial charge in [0.15, 0.2) is 5.84 Å². The fraction of sp³-hybridized carbons (Fsp3) is 0.273. The van der Waals surface area contributed by atoms with E-state index < -0.39 is 5.91 Å². The Kier molecular flexibility index (Phi) is 4.79. The summed E-state index contributed by atoms with van der Waals surface area (Å²) in [5, 5.41) is 13.6. The minimum absolute atomic E-state index is 0.0729. The second-order valence-electron chi connectivity index (χ2n) is 3.31. The Hall–Kier alpha value is -2.44.